The smallest absolute Gasteiger partial charge is 0.254 e. The minimum absolute atomic E-state index is 0.0654. The van der Waals surface area contributed by atoms with Crippen molar-refractivity contribution in [2.24, 2.45) is 5.92 Å². The number of carbonyl (C=O) groups is 1. The van der Waals surface area contributed by atoms with Gasteiger partial charge in [0.15, 0.2) is 0 Å². The lowest BCUT2D eigenvalue weighted by Gasteiger charge is -2.30. The van der Waals surface area contributed by atoms with E-state index in [0.717, 1.165) is 37.3 Å². The van der Waals surface area contributed by atoms with Crippen LogP contribution in [0.15, 0.2) is 15.7 Å². The first kappa shape index (κ1) is 18.4. The van der Waals surface area contributed by atoms with Gasteiger partial charge in [0, 0.05) is 24.0 Å². The predicted molar refractivity (Wildman–Crippen MR) is 93.3 cm³/mol. The van der Waals surface area contributed by atoms with Crippen LogP contribution in [0.25, 0.3) is 0 Å². The van der Waals surface area contributed by atoms with Crippen LogP contribution in [0, 0.1) is 5.92 Å². The number of rotatable bonds is 5. The minimum atomic E-state index is -3.58. The second-order valence-electron chi connectivity index (χ2n) is 6.97. The summed E-state index contributed by atoms with van der Waals surface area (Å²) in [5.74, 6) is 0.585. The van der Waals surface area contributed by atoms with Gasteiger partial charge in [-0.2, -0.15) is 0 Å². The monoisotopic (exact) mass is 358 g/mol. The van der Waals surface area contributed by atoms with Gasteiger partial charge in [-0.05, 0) is 45.1 Å². The van der Waals surface area contributed by atoms with Crippen LogP contribution in [0.2, 0.25) is 0 Å². The lowest BCUT2D eigenvalue weighted by atomic mass is 9.99. The molecule has 2 heterocycles. The first-order valence-corrected chi connectivity index (χ1v) is 10.4. The molecule has 0 aliphatic carbocycles. The van der Waals surface area contributed by atoms with Gasteiger partial charge in [0.2, 0.25) is 0 Å². The molecule has 2 rings (SSSR count). The third-order valence-electron chi connectivity index (χ3n) is 4.45. The molecule has 1 aromatic heterocycles. The highest BCUT2D eigenvalue weighted by Crippen LogP contribution is 2.25. The van der Waals surface area contributed by atoms with Gasteiger partial charge in [-0.15, -0.1) is 11.3 Å². The molecular weight excluding hydrogens is 332 g/mol. The van der Waals surface area contributed by atoms with Crippen molar-refractivity contribution >= 4 is 27.3 Å². The van der Waals surface area contributed by atoms with E-state index in [1.54, 1.807) is 5.38 Å². The van der Waals surface area contributed by atoms with Crippen molar-refractivity contribution in [1.82, 2.24) is 9.62 Å². The van der Waals surface area contributed by atoms with Crippen LogP contribution in [0.5, 0.6) is 0 Å². The molecule has 1 saturated heterocycles. The highest BCUT2D eigenvalue weighted by Gasteiger charge is 2.28. The summed E-state index contributed by atoms with van der Waals surface area (Å²) < 4.78 is 27.8. The lowest BCUT2D eigenvalue weighted by molar-refractivity contribution is 0.0697. The van der Waals surface area contributed by atoms with Crippen molar-refractivity contribution in [3.63, 3.8) is 0 Å². The summed E-state index contributed by atoms with van der Waals surface area (Å²) in [6, 6.07) is 1.50. The Morgan fingerprint density at radius 2 is 2.00 bits per heavy atom. The molecule has 0 radical (unpaired) electrons. The van der Waals surface area contributed by atoms with Crippen molar-refractivity contribution in [1.29, 1.82) is 0 Å². The number of sulfonamides is 1. The molecule has 1 aromatic rings. The topological polar surface area (TPSA) is 66.5 Å². The first-order chi connectivity index (χ1) is 10.6. The van der Waals surface area contributed by atoms with Crippen molar-refractivity contribution in [3.05, 3.63) is 17.0 Å². The van der Waals surface area contributed by atoms with Crippen LogP contribution in [-0.4, -0.2) is 37.9 Å². The maximum atomic E-state index is 12.5. The van der Waals surface area contributed by atoms with Crippen LogP contribution in [0.3, 0.4) is 0 Å². The van der Waals surface area contributed by atoms with Crippen LogP contribution < -0.4 is 4.72 Å². The minimum Gasteiger partial charge on any atom is -0.339 e. The number of amides is 1. The van der Waals surface area contributed by atoms with Gasteiger partial charge in [-0.1, -0.05) is 13.8 Å². The summed E-state index contributed by atoms with van der Waals surface area (Å²) in [5, 5.41) is 1.65. The summed E-state index contributed by atoms with van der Waals surface area (Å²) in [5.41, 5.74) is -0.0325. The molecule has 130 valence electrons. The Labute approximate surface area is 143 Å². The van der Waals surface area contributed by atoms with E-state index >= 15 is 0 Å². The number of piperidine rings is 1. The summed E-state index contributed by atoms with van der Waals surface area (Å²) in [4.78, 5) is 14.3. The Bertz CT molecular complexity index is 657. The van der Waals surface area contributed by atoms with Crippen molar-refractivity contribution < 1.29 is 13.2 Å². The van der Waals surface area contributed by atoms with Gasteiger partial charge < -0.3 is 4.90 Å². The zero-order chi connectivity index (χ0) is 17.3. The van der Waals surface area contributed by atoms with E-state index in [4.69, 9.17) is 0 Å². The van der Waals surface area contributed by atoms with Crippen LogP contribution in [0.1, 0.15) is 57.3 Å². The standard InChI is InChI=1S/C16H26N2O3S2/c1-5-16(3,4)17-23(20,21)14-10-13(11-22-14)15(19)18-8-6-12(2)7-9-18/h10-12,17H,5-9H2,1-4H3. The molecule has 0 atom stereocenters. The summed E-state index contributed by atoms with van der Waals surface area (Å²) in [7, 11) is -3.58. The number of thiophene rings is 1. The number of hydrogen-bond donors (Lipinski definition) is 1. The fraction of sp³-hybridized carbons (Fsp3) is 0.688. The van der Waals surface area contributed by atoms with E-state index in [1.165, 1.54) is 6.07 Å². The molecule has 0 spiro atoms. The summed E-state index contributed by atoms with van der Waals surface area (Å²) in [6.45, 7) is 9.32. The van der Waals surface area contributed by atoms with E-state index in [-0.39, 0.29) is 10.1 Å². The normalized spacial score (nSPS) is 17.5. The maximum Gasteiger partial charge on any atom is 0.254 e. The SMILES string of the molecule is CCC(C)(C)NS(=O)(=O)c1cc(C(=O)N2CCC(C)CC2)cs1. The molecule has 0 unspecified atom stereocenters. The van der Waals surface area contributed by atoms with E-state index < -0.39 is 15.6 Å². The molecular formula is C16H26N2O3S2. The van der Waals surface area contributed by atoms with Gasteiger partial charge in [0.25, 0.3) is 15.9 Å². The average molecular weight is 359 g/mol. The highest BCUT2D eigenvalue weighted by molar-refractivity contribution is 7.91. The van der Waals surface area contributed by atoms with Gasteiger partial charge in [0.05, 0.1) is 5.56 Å². The molecule has 1 aliphatic rings. The molecule has 1 fully saturated rings. The summed E-state index contributed by atoms with van der Waals surface area (Å²) in [6.07, 6.45) is 2.70. The molecule has 1 amide bonds. The molecule has 1 aliphatic heterocycles. The number of carbonyl (C=O) groups excluding carboxylic acids is 1. The van der Waals surface area contributed by atoms with Crippen molar-refractivity contribution in [2.75, 3.05) is 13.1 Å². The number of hydrogen-bond acceptors (Lipinski definition) is 4. The van der Waals surface area contributed by atoms with Crippen LogP contribution in [0.4, 0.5) is 0 Å². The third-order valence-corrected chi connectivity index (χ3v) is 7.59. The molecule has 0 aromatic carbocycles. The molecule has 5 nitrogen and oxygen atoms in total. The summed E-state index contributed by atoms with van der Waals surface area (Å²) >= 11 is 1.10. The fourth-order valence-electron chi connectivity index (χ4n) is 2.45. The average Bonchev–Trinajstić information content (AvgIpc) is 2.97. The molecule has 23 heavy (non-hydrogen) atoms. The Balaban J connectivity index is 2.12. The number of nitrogens with zero attached hydrogens (tertiary/aromatic N) is 1. The highest BCUT2D eigenvalue weighted by atomic mass is 32.2. The van der Waals surface area contributed by atoms with Gasteiger partial charge >= 0.3 is 0 Å². The van der Waals surface area contributed by atoms with Gasteiger partial charge in [-0.3, -0.25) is 4.79 Å². The van der Waals surface area contributed by atoms with E-state index in [9.17, 15) is 13.2 Å². The Morgan fingerprint density at radius 3 is 2.57 bits per heavy atom. The Kier molecular flexibility index (Phi) is 5.53. The number of nitrogens with one attached hydrogen (secondary N) is 1. The van der Waals surface area contributed by atoms with Crippen LogP contribution >= 0.6 is 11.3 Å². The van der Waals surface area contributed by atoms with E-state index in [1.807, 2.05) is 25.7 Å². The molecule has 0 bridgehead atoms. The zero-order valence-electron chi connectivity index (χ0n) is 14.3. The van der Waals surface area contributed by atoms with Crippen LogP contribution in [-0.2, 0) is 10.0 Å². The van der Waals surface area contributed by atoms with Gasteiger partial charge in [-0.25, -0.2) is 13.1 Å². The quantitative estimate of drug-likeness (QED) is 0.879. The predicted octanol–water partition coefficient (Wildman–Crippen LogP) is 3.09. The third kappa shape index (κ3) is 4.55. The van der Waals surface area contributed by atoms with Crippen molar-refractivity contribution in [2.45, 2.75) is 56.7 Å². The van der Waals surface area contributed by atoms with Crippen molar-refractivity contribution in [3.8, 4) is 0 Å². The second-order valence-corrected chi connectivity index (χ2v) is 9.79. The van der Waals surface area contributed by atoms with E-state index in [0.29, 0.717) is 17.9 Å². The molecule has 7 heteroatoms. The number of likely N-dealkylation sites (tertiary alicyclic amines) is 1. The van der Waals surface area contributed by atoms with Gasteiger partial charge in [0.1, 0.15) is 4.21 Å². The Morgan fingerprint density at radius 1 is 1.39 bits per heavy atom. The molecule has 0 saturated carbocycles. The fourth-order valence-corrected chi connectivity index (χ4v) is 5.09. The maximum absolute atomic E-state index is 12.5. The first-order valence-electron chi connectivity index (χ1n) is 8.06. The molecule has 1 N–H and O–H groups in total. The van der Waals surface area contributed by atoms with E-state index in [2.05, 4.69) is 11.6 Å². The largest absolute Gasteiger partial charge is 0.339 e. The Hall–Kier alpha value is -0.920. The lowest BCUT2D eigenvalue weighted by Crippen LogP contribution is -2.42. The zero-order valence-corrected chi connectivity index (χ0v) is 15.9. The second kappa shape index (κ2) is 6.91.